The molecule has 3 heterocycles. The summed E-state index contributed by atoms with van der Waals surface area (Å²) in [5.41, 5.74) is 4.50. The average Bonchev–Trinajstić information content (AvgIpc) is 3.48. The standard InChI is InChI=1S/C43H55N5O3S2/c1-6-7-22-47(40(49)21-10-28(2)3)27-39-44-25-37(52-39)32-15-11-30(12-16-32)31-13-17-33(18-14-31)38-26-45-42(53-38)36-9-8-23-48(36)43(51)35(24-29(4)5)46-41(50)34-19-20-34/h11-18,25-26,28-29,34-36H,6-10,19-24,27H2,1-5H3,(H,46,50)/t35-,36+/m1/s1. The van der Waals surface area contributed by atoms with Crippen LogP contribution >= 0.6 is 22.7 Å². The Morgan fingerprint density at radius 1 is 0.849 bits per heavy atom. The SMILES string of the molecule is CCCCN(Cc1ncc(-c2ccc(-c3ccc(-c4cnc([C@@H]5CCCN5C(=O)[C@@H](CC(C)C)NC(=O)C5CC5)s4)cc3)cc2)s1)C(=O)CCC(C)C. The normalized spacial score (nSPS) is 16.4. The van der Waals surface area contributed by atoms with Crippen LogP contribution in [0.1, 0.15) is 108 Å². The molecule has 53 heavy (non-hydrogen) atoms. The van der Waals surface area contributed by atoms with E-state index < -0.39 is 6.04 Å². The van der Waals surface area contributed by atoms with Crippen molar-refractivity contribution in [3.05, 3.63) is 70.9 Å². The molecule has 10 heteroatoms. The van der Waals surface area contributed by atoms with E-state index in [0.29, 0.717) is 37.8 Å². The average molecular weight is 754 g/mol. The first kappa shape index (κ1) is 38.8. The Balaban J connectivity index is 1.08. The Morgan fingerprint density at radius 3 is 2.08 bits per heavy atom. The molecule has 1 aliphatic heterocycles. The number of likely N-dealkylation sites (tertiary alicyclic amines) is 1. The third-order valence-corrected chi connectivity index (χ3v) is 12.4. The molecule has 2 atom stereocenters. The van der Waals surface area contributed by atoms with E-state index in [1.54, 1.807) is 22.7 Å². The molecule has 2 aromatic carbocycles. The number of unbranched alkanes of at least 4 members (excludes halogenated alkanes) is 1. The van der Waals surface area contributed by atoms with Crippen LogP contribution < -0.4 is 5.32 Å². The molecule has 1 N–H and O–H groups in total. The Morgan fingerprint density at radius 2 is 1.47 bits per heavy atom. The zero-order valence-corrected chi connectivity index (χ0v) is 33.6. The van der Waals surface area contributed by atoms with Gasteiger partial charge >= 0.3 is 0 Å². The molecule has 0 unspecified atom stereocenters. The van der Waals surface area contributed by atoms with E-state index in [1.807, 2.05) is 22.2 Å². The Kier molecular flexibility index (Phi) is 13.2. The number of benzene rings is 2. The van der Waals surface area contributed by atoms with E-state index in [-0.39, 0.29) is 29.7 Å². The smallest absolute Gasteiger partial charge is 0.245 e. The van der Waals surface area contributed by atoms with Crippen molar-refractivity contribution >= 4 is 40.4 Å². The summed E-state index contributed by atoms with van der Waals surface area (Å²) in [5.74, 6) is 1.17. The third kappa shape index (κ3) is 10.2. The summed E-state index contributed by atoms with van der Waals surface area (Å²) in [5, 5.41) is 5.01. The van der Waals surface area contributed by atoms with Crippen molar-refractivity contribution in [2.24, 2.45) is 17.8 Å². The summed E-state index contributed by atoms with van der Waals surface area (Å²) in [6.07, 6.45) is 11.7. The number of hydrogen-bond donors (Lipinski definition) is 1. The number of rotatable bonds is 17. The zero-order valence-electron chi connectivity index (χ0n) is 32.0. The van der Waals surface area contributed by atoms with Crippen LogP contribution in [0.5, 0.6) is 0 Å². The van der Waals surface area contributed by atoms with Crippen molar-refractivity contribution < 1.29 is 14.4 Å². The lowest BCUT2D eigenvalue weighted by Crippen LogP contribution is -2.49. The fraction of sp³-hybridized carbons (Fsp3) is 0.512. The van der Waals surface area contributed by atoms with Gasteiger partial charge in [-0.15, -0.1) is 22.7 Å². The van der Waals surface area contributed by atoms with Crippen molar-refractivity contribution in [3.63, 3.8) is 0 Å². The van der Waals surface area contributed by atoms with Crippen molar-refractivity contribution in [1.29, 1.82) is 0 Å². The van der Waals surface area contributed by atoms with Crippen molar-refractivity contribution in [2.75, 3.05) is 13.1 Å². The fourth-order valence-electron chi connectivity index (χ4n) is 6.94. The Bertz CT molecular complexity index is 1830. The molecule has 1 saturated heterocycles. The van der Waals surface area contributed by atoms with Crippen LogP contribution in [0.3, 0.4) is 0 Å². The number of nitrogens with one attached hydrogen (secondary N) is 1. The summed E-state index contributed by atoms with van der Waals surface area (Å²) in [4.78, 5) is 55.0. The minimum absolute atomic E-state index is 0.0242. The lowest BCUT2D eigenvalue weighted by molar-refractivity contribution is -0.138. The van der Waals surface area contributed by atoms with E-state index in [2.05, 4.69) is 88.5 Å². The summed E-state index contributed by atoms with van der Waals surface area (Å²) in [6, 6.07) is 16.7. The van der Waals surface area contributed by atoms with Crippen LogP contribution in [0.4, 0.5) is 0 Å². The number of amides is 3. The monoisotopic (exact) mass is 753 g/mol. The number of carbonyl (C=O) groups excluding carboxylic acids is 3. The van der Waals surface area contributed by atoms with Gasteiger partial charge in [0.1, 0.15) is 16.1 Å². The molecule has 6 rings (SSSR count). The summed E-state index contributed by atoms with van der Waals surface area (Å²) < 4.78 is 0. The van der Waals surface area contributed by atoms with Crippen LogP contribution in [0.2, 0.25) is 0 Å². The predicted molar refractivity (Wildman–Crippen MR) is 216 cm³/mol. The van der Waals surface area contributed by atoms with E-state index in [4.69, 9.17) is 9.97 Å². The van der Waals surface area contributed by atoms with Gasteiger partial charge in [0.25, 0.3) is 0 Å². The van der Waals surface area contributed by atoms with Gasteiger partial charge in [-0.3, -0.25) is 14.4 Å². The maximum absolute atomic E-state index is 13.8. The Labute approximate surface area is 323 Å². The van der Waals surface area contributed by atoms with Crippen molar-refractivity contribution in [1.82, 2.24) is 25.1 Å². The highest BCUT2D eigenvalue weighted by Gasteiger charge is 2.38. The number of aromatic nitrogens is 2. The van der Waals surface area contributed by atoms with Crippen LogP contribution in [-0.4, -0.2) is 56.6 Å². The highest BCUT2D eigenvalue weighted by atomic mass is 32.1. The quantitative estimate of drug-likeness (QED) is 0.116. The molecule has 2 aliphatic rings. The maximum atomic E-state index is 13.8. The second-order valence-corrected chi connectivity index (χ2v) is 17.8. The van der Waals surface area contributed by atoms with Crippen LogP contribution in [0, 0.1) is 17.8 Å². The molecule has 0 bridgehead atoms. The first-order valence-electron chi connectivity index (χ1n) is 19.6. The van der Waals surface area contributed by atoms with Gasteiger partial charge in [0.05, 0.1) is 22.3 Å². The summed E-state index contributed by atoms with van der Waals surface area (Å²) in [7, 11) is 0. The van der Waals surface area contributed by atoms with Crippen LogP contribution in [0.25, 0.3) is 32.0 Å². The molecule has 282 valence electrons. The van der Waals surface area contributed by atoms with E-state index >= 15 is 0 Å². The lowest BCUT2D eigenvalue weighted by Gasteiger charge is -2.29. The maximum Gasteiger partial charge on any atom is 0.245 e. The molecule has 1 saturated carbocycles. The minimum atomic E-state index is -0.480. The molecule has 1 aliphatic carbocycles. The van der Waals surface area contributed by atoms with Gasteiger partial charge < -0.3 is 15.1 Å². The molecule has 2 aromatic heterocycles. The zero-order chi connectivity index (χ0) is 37.5. The molecule has 2 fully saturated rings. The highest BCUT2D eigenvalue weighted by Crippen LogP contribution is 2.39. The largest absolute Gasteiger partial charge is 0.344 e. The van der Waals surface area contributed by atoms with Crippen molar-refractivity contribution in [2.45, 2.75) is 111 Å². The molecule has 8 nitrogen and oxygen atoms in total. The lowest BCUT2D eigenvalue weighted by atomic mass is 10.0. The van der Waals surface area contributed by atoms with Gasteiger partial charge in [-0.05, 0) is 79.0 Å². The van der Waals surface area contributed by atoms with Gasteiger partial charge in [-0.2, -0.15) is 0 Å². The molecule has 0 spiro atoms. The molecule has 3 amide bonds. The van der Waals surface area contributed by atoms with Gasteiger partial charge in [-0.1, -0.05) is 89.6 Å². The van der Waals surface area contributed by atoms with Crippen LogP contribution in [-0.2, 0) is 20.9 Å². The van der Waals surface area contributed by atoms with Gasteiger partial charge in [-0.25, -0.2) is 9.97 Å². The fourth-order valence-corrected chi connectivity index (χ4v) is 8.95. The topological polar surface area (TPSA) is 95.5 Å². The van der Waals surface area contributed by atoms with Gasteiger partial charge in [0, 0.05) is 37.8 Å². The third-order valence-electron chi connectivity index (χ3n) is 10.2. The molecular formula is C43H55N5O3S2. The summed E-state index contributed by atoms with van der Waals surface area (Å²) in [6.45, 7) is 12.7. The first-order valence-corrected chi connectivity index (χ1v) is 21.2. The number of hydrogen-bond acceptors (Lipinski definition) is 7. The van der Waals surface area contributed by atoms with Gasteiger partial charge in [0.2, 0.25) is 17.7 Å². The van der Waals surface area contributed by atoms with E-state index in [1.165, 1.54) is 0 Å². The molecule has 4 aromatic rings. The number of nitrogens with zero attached hydrogens (tertiary/aromatic N) is 4. The molecule has 0 radical (unpaired) electrons. The summed E-state index contributed by atoms with van der Waals surface area (Å²) >= 11 is 3.32. The van der Waals surface area contributed by atoms with Gasteiger partial charge in [0.15, 0.2) is 0 Å². The second kappa shape index (κ2) is 18.0. The predicted octanol–water partition coefficient (Wildman–Crippen LogP) is 9.77. The highest BCUT2D eigenvalue weighted by molar-refractivity contribution is 7.15. The Hall–Kier alpha value is -3.89. The van der Waals surface area contributed by atoms with E-state index in [0.717, 1.165) is 93.5 Å². The molecular weight excluding hydrogens is 699 g/mol. The van der Waals surface area contributed by atoms with E-state index in [9.17, 15) is 14.4 Å². The number of thiazole rings is 2. The first-order chi connectivity index (χ1) is 25.6. The van der Waals surface area contributed by atoms with Crippen LogP contribution in [0.15, 0.2) is 60.9 Å². The second-order valence-electron chi connectivity index (χ2n) is 15.6. The van der Waals surface area contributed by atoms with Crippen molar-refractivity contribution in [3.8, 4) is 32.0 Å². The number of carbonyl (C=O) groups is 3. The minimum Gasteiger partial charge on any atom is -0.344 e.